The molecule has 7 heteroatoms. The van der Waals surface area contributed by atoms with Crippen LogP contribution < -0.4 is 5.43 Å². The van der Waals surface area contributed by atoms with Crippen molar-refractivity contribution < 1.29 is 14.7 Å². The third kappa shape index (κ3) is 3.96. The maximum Gasteiger partial charge on any atom is 0.336 e. The third-order valence-corrected chi connectivity index (χ3v) is 6.07. The summed E-state index contributed by atoms with van der Waals surface area (Å²) >= 11 is 0. The summed E-state index contributed by atoms with van der Waals surface area (Å²) in [6, 6.07) is 14.5. The quantitative estimate of drug-likeness (QED) is 0.535. The largest absolute Gasteiger partial charge is 0.478 e. The van der Waals surface area contributed by atoms with Crippen LogP contribution >= 0.6 is 0 Å². The van der Waals surface area contributed by atoms with Gasteiger partial charge in [-0.05, 0) is 67.0 Å². The van der Waals surface area contributed by atoms with E-state index < -0.39 is 5.97 Å². The topological polar surface area (TPSA) is 98.3 Å². The zero-order valence-corrected chi connectivity index (χ0v) is 17.0. The summed E-state index contributed by atoms with van der Waals surface area (Å²) in [5.41, 5.74) is 8.15. The van der Waals surface area contributed by atoms with Crippen LogP contribution in [0.4, 0.5) is 0 Å². The number of aryl methyl sites for hydroxylation is 1. The number of carboxylic acid groups (broad SMARTS) is 1. The number of hydrogen-bond donors (Lipinski definition) is 3. The number of benzene rings is 2. The van der Waals surface area contributed by atoms with E-state index in [4.69, 9.17) is 0 Å². The second kappa shape index (κ2) is 8.00. The van der Waals surface area contributed by atoms with Gasteiger partial charge < -0.3 is 5.11 Å². The number of aromatic carboxylic acids is 1. The first-order valence-corrected chi connectivity index (χ1v) is 10.6. The number of aromatic amines is 1. The van der Waals surface area contributed by atoms with E-state index in [1.807, 2.05) is 24.4 Å². The van der Waals surface area contributed by atoms with Crippen LogP contribution in [-0.4, -0.2) is 44.3 Å². The van der Waals surface area contributed by atoms with Gasteiger partial charge in [-0.3, -0.25) is 14.9 Å². The normalized spacial score (nSPS) is 17.7. The molecule has 0 bridgehead atoms. The molecule has 5 rings (SSSR count). The fourth-order valence-electron chi connectivity index (χ4n) is 4.24. The molecule has 2 aromatic carbocycles. The molecule has 0 radical (unpaired) electrons. The highest BCUT2D eigenvalue weighted by atomic mass is 16.4. The first-order chi connectivity index (χ1) is 15.1. The first kappa shape index (κ1) is 19.5. The molecule has 7 nitrogen and oxygen atoms in total. The van der Waals surface area contributed by atoms with Crippen molar-refractivity contribution >= 4 is 11.9 Å². The molecular formula is C24H24N4O3. The lowest BCUT2D eigenvalue weighted by Gasteiger charge is -2.31. The number of amides is 1. The van der Waals surface area contributed by atoms with Crippen LogP contribution in [0.3, 0.4) is 0 Å². The number of hydrogen-bond acceptors (Lipinski definition) is 4. The van der Waals surface area contributed by atoms with Crippen LogP contribution in [0.25, 0.3) is 11.1 Å². The van der Waals surface area contributed by atoms with Crippen molar-refractivity contribution in [3.63, 3.8) is 0 Å². The van der Waals surface area contributed by atoms with Crippen LogP contribution in [0, 0.1) is 0 Å². The summed E-state index contributed by atoms with van der Waals surface area (Å²) in [5, 5.41) is 18.4. The third-order valence-electron chi connectivity index (χ3n) is 6.07. The predicted octanol–water partition coefficient (Wildman–Crippen LogP) is 3.44. The number of hydrazine groups is 1. The number of carboxylic acids is 1. The summed E-state index contributed by atoms with van der Waals surface area (Å²) in [4.78, 5) is 24.8. The molecule has 158 valence electrons. The van der Waals surface area contributed by atoms with E-state index >= 15 is 0 Å². The molecule has 2 aliphatic rings. The maximum absolute atomic E-state index is 13.3. The van der Waals surface area contributed by atoms with Crippen LogP contribution in [0.5, 0.6) is 0 Å². The van der Waals surface area contributed by atoms with E-state index in [2.05, 4.69) is 15.6 Å². The molecule has 0 spiro atoms. The second-order valence-corrected chi connectivity index (χ2v) is 8.28. The fraction of sp³-hybridized carbons (Fsp3) is 0.292. The number of carbonyl (C=O) groups excluding carboxylic acids is 1. The number of rotatable bonds is 6. The molecule has 0 saturated heterocycles. The Balaban J connectivity index is 1.33. The Morgan fingerprint density at radius 2 is 1.84 bits per heavy atom. The van der Waals surface area contributed by atoms with Crippen molar-refractivity contribution in [1.82, 2.24) is 20.6 Å². The lowest BCUT2D eigenvalue weighted by Crippen LogP contribution is -2.51. The van der Waals surface area contributed by atoms with Crippen molar-refractivity contribution in [2.24, 2.45) is 0 Å². The Hall–Kier alpha value is -3.45. The Bertz CT molecular complexity index is 1120. The Labute approximate surface area is 180 Å². The number of fused-ring (bicyclic) bond motifs is 1. The highest BCUT2D eigenvalue weighted by Crippen LogP contribution is 2.29. The summed E-state index contributed by atoms with van der Waals surface area (Å²) in [7, 11) is 0. The van der Waals surface area contributed by atoms with Gasteiger partial charge in [0.15, 0.2) is 0 Å². The second-order valence-electron chi connectivity index (χ2n) is 8.28. The van der Waals surface area contributed by atoms with Gasteiger partial charge in [0.2, 0.25) is 0 Å². The highest BCUT2D eigenvalue weighted by molar-refractivity contribution is 5.97. The summed E-state index contributed by atoms with van der Waals surface area (Å²) in [6.45, 7) is 0. The molecule has 1 saturated carbocycles. The minimum atomic E-state index is -0.965. The van der Waals surface area contributed by atoms with Gasteiger partial charge in [-0.1, -0.05) is 30.3 Å². The molecule has 2 aliphatic carbocycles. The molecule has 1 heterocycles. The lowest BCUT2D eigenvalue weighted by molar-refractivity contribution is 0.0586. The van der Waals surface area contributed by atoms with Gasteiger partial charge in [0.25, 0.3) is 5.91 Å². The summed E-state index contributed by atoms with van der Waals surface area (Å²) in [5.74, 6) is -1.01. The van der Waals surface area contributed by atoms with Crippen molar-refractivity contribution in [3.05, 3.63) is 77.1 Å². The van der Waals surface area contributed by atoms with Crippen LogP contribution in [0.15, 0.2) is 54.7 Å². The number of H-pyrrole nitrogens is 1. The Morgan fingerprint density at radius 1 is 1.06 bits per heavy atom. The van der Waals surface area contributed by atoms with E-state index in [9.17, 15) is 14.7 Å². The van der Waals surface area contributed by atoms with Gasteiger partial charge in [-0.25, -0.2) is 10.2 Å². The standard InChI is InChI=1S/C24H24N4O3/c29-23(16-7-5-15(6-8-16)20-3-1-2-4-21(20)24(30)31)28(19-10-11-19)27-18-9-12-22-17(13-18)14-25-26-22/h1-8,14,18-19,27H,9-13H2,(H,25,26)(H,30,31). The fourth-order valence-corrected chi connectivity index (χ4v) is 4.24. The number of aromatic nitrogens is 2. The van der Waals surface area contributed by atoms with Gasteiger partial charge in [-0.2, -0.15) is 5.10 Å². The SMILES string of the molecule is O=C(O)c1ccccc1-c1ccc(C(=O)N(NC2CCc3[nH]ncc3C2)C2CC2)cc1. The van der Waals surface area contributed by atoms with E-state index in [0.717, 1.165) is 37.7 Å². The molecule has 3 N–H and O–H groups in total. The summed E-state index contributed by atoms with van der Waals surface area (Å²) in [6.07, 6.45) is 6.63. The molecule has 1 unspecified atom stereocenters. The Kier molecular flexibility index (Phi) is 5.03. The van der Waals surface area contributed by atoms with Crippen LogP contribution in [0.2, 0.25) is 0 Å². The average molecular weight is 416 g/mol. The van der Waals surface area contributed by atoms with Gasteiger partial charge in [0.1, 0.15) is 0 Å². The first-order valence-electron chi connectivity index (χ1n) is 10.6. The zero-order valence-electron chi connectivity index (χ0n) is 17.0. The van der Waals surface area contributed by atoms with Crippen molar-refractivity contribution in [2.45, 2.75) is 44.2 Å². The van der Waals surface area contributed by atoms with Gasteiger partial charge in [0, 0.05) is 23.3 Å². The van der Waals surface area contributed by atoms with Gasteiger partial charge in [0.05, 0.1) is 11.8 Å². The molecule has 0 aliphatic heterocycles. The number of nitrogens with zero attached hydrogens (tertiary/aromatic N) is 2. The van der Waals surface area contributed by atoms with Gasteiger partial charge >= 0.3 is 5.97 Å². The molecule has 3 aromatic rings. The molecule has 1 atom stereocenters. The molecule has 1 amide bonds. The molecule has 1 fully saturated rings. The monoisotopic (exact) mass is 416 g/mol. The zero-order chi connectivity index (χ0) is 21.4. The molecule has 1 aromatic heterocycles. The molecule has 31 heavy (non-hydrogen) atoms. The maximum atomic E-state index is 13.3. The van der Waals surface area contributed by atoms with Crippen LogP contribution in [-0.2, 0) is 12.8 Å². The van der Waals surface area contributed by atoms with E-state index in [1.165, 1.54) is 11.3 Å². The Morgan fingerprint density at radius 3 is 2.58 bits per heavy atom. The van der Waals surface area contributed by atoms with Crippen molar-refractivity contribution in [1.29, 1.82) is 0 Å². The minimum absolute atomic E-state index is 0.0430. The number of carbonyl (C=O) groups is 2. The smallest absolute Gasteiger partial charge is 0.336 e. The lowest BCUT2D eigenvalue weighted by atomic mass is 9.94. The van der Waals surface area contributed by atoms with E-state index in [-0.39, 0.29) is 23.6 Å². The molecular weight excluding hydrogens is 392 g/mol. The van der Waals surface area contributed by atoms with E-state index in [0.29, 0.717) is 11.1 Å². The van der Waals surface area contributed by atoms with Crippen molar-refractivity contribution in [3.8, 4) is 11.1 Å². The van der Waals surface area contributed by atoms with Crippen molar-refractivity contribution in [2.75, 3.05) is 0 Å². The number of nitrogens with one attached hydrogen (secondary N) is 2. The minimum Gasteiger partial charge on any atom is -0.478 e. The van der Waals surface area contributed by atoms with Crippen LogP contribution in [0.1, 0.15) is 51.2 Å². The average Bonchev–Trinajstić information content (AvgIpc) is 3.53. The van der Waals surface area contributed by atoms with Gasteiger partial charge in [-0.15, -0.1) is 0 Å². The van der Waals surface area contributed by atoms with E-state index in [1.54, 1.807) is 35.3 Å². The predicted molar refractivity (Wildman–Crippen MR) is 116 cm³/mol. The summed E-state index contributed by atoms with van der Waals surface area (Å²) < 4.78 is 0. The highest BCUT2D eigenvalue weighted by Gasteiger charge is 2.35.